The molecule has 2 heteroatoms. The van der Waals surface area contributed by atoms with Crippen LogP contribution in [0.25, 0.3) is 0 Å². The molecule has 0 aliphatic rings. The van der Waals surface area contributed by atoms with Crippen molar-refractivity contribution in [2.24, 2.45) is 5.92 Å². The number of nitrogens with zero attached hydrogens (tertiary/aromatic N) is 1. The largest absolute Gasteiger partial charge is 0.319 e. The van der Waals surface area contributed by atoms with Gasteiger partial charge in [0.15, 0.2) is 0 Å². The molecule has 0 radical (unpaired) electrons. The van der Waals surface area contributed by atoms with E-state index in [0.717, 1.165) is 18.5 Å². The molecule has 0 aliphatic carbocycles. The van der Waals surface area contributed by atoms with Gasteiger partial charge in [-0.3, -0.25) is 0 Å². The van der Waals surface area contributed by atoms with Crippen molar-refractivity contribution in [2.45, 2.75) is 39.7 Å². The van der Waals surface area contributed by atoms with Crippen LogP contribution in [0.4, 0.5) is 0 Å². The van der Waals surface area contributed by atoms with Gasteiger partial charge in [0.1, 0.15) is 0 Å². The monoisotopic (exact) mass is 186 g/mol. The zero-order valence-electron chi connectivity index (χ0n) is 9.93. The SMILES string of the molecule is CCCC(C)N(C)CC(C)CNC. The third kappa shape index (κ3) is 6.05. The van der Waals surface area contributed by atoms with E-state index >= 15 is 0 Å². The van der Waals surface area contributed by atoms with Crippen LogP contribution >= 0.6 is 0 Å². The lowest BCUT2D eigenvalue weighted by atomic mass is 10.1. The van der Waals surface area contributed by atoms with E-state index in [1.54, 1.807) is 0 Å². The Morgan fingerprint density at radius 3 is 2.38 bits per heavy atom. The lowest BCUT2D eigenvalue weighted by Gasteiger charge is -2.27. The van der Waals surface area contributed by atoms with E-state index in [9.17, 15) is 0 Å². The summed E-state index contributed by atoms with van der Waals surface area (Å²) in [7, 11) is 4.25. The molecule has 0 bridgehead atoms. The van der Waals surface area contributed by atoms with Crippen molar-refractivity contribution in [3.8, 4) is 0 Å². The molecule has 13 heavy (non-hydrogen) atoms. The zero-order chi connectivity index (χ0) is 10.3. The summed E-state index contributed by atoms with van der Waals surface area (Å²) in [5.41, 5.74) is 0. The summed E-state index contributed by atoms with van der Waals surface area (Å²) < 4.78 is 0. The summed E-state index contributed by atoms with van der Waals surface area (Å²) in [6.07, 6.45) is 2.59. The number of nitrogens with one attached hydrogen (secondary N) is 1. The van der Waals surface area contributed by atoms with E-state index in [-0.39, 0.29) is 0 Å². The zero-order valence-corrected chi connectivity index (χ0v) is 9.93. The van der Waals surface area contributed by atoms with Crippen molar-refractivity contribution in [1.29, 1.82) is 0 Å². The fourth-order valence-electron chi connectivity index (χ4n) is 1.72. The van der Waals surface area contributed by atoms with Crippen molar-refractivity contribution < 1.29 is 0 Å². The molecule has 0 amide bonds. The molecule has 0 aliphatic heterocycles. The van der Waals surface area contributed by atoms with E-state index < -0.39 is 0 Å². The van der Waals surface area contributed by atoms with Gasteiger partial charge in [-0.25, -0.2) is 0 Å². The van der Waals surface area contributed by atoms with E-state index in [1.807, 2.05) is 7.05 Å². The molecule has 0 aromatic carbocycles. The highest BCUT2D eigenvalue weighted by atomic mass is 15.1. The Balaban J connectivity index is 3.64. The molecule has 2 nitrogen and oxygen atoms in total. The lowest BCUT2D eigenvalue weighted by molar-refractivity contribution is 0.213. The molecule has 0 rings (SSSR count). The molecule has 0 saturated carbocycles. The topological polar surface area (TPSA) is 15.3 Å². The fraction of sp³-hybridized carbons (Fsp3) is 1.00. The molecule has 2 atom stereocenters. The summed E-state index contributed by atoms with van der Waals surface area (Å²) >= 11 is 0. The maximum Gasteiger partial charge on any atom is 0.00639 e. The predicted octanol–water partition coefficient (Wildman–Crippen LogP) is 1.96. The summed E-state index contributed by atoms with van der Waals surface area (Å²) in [5, 5.41) is 3.22. The molecule has 0 aromatic heterocycles. The van der Waals surface area contributed by atoms with Crippen molar-refractivity contribution in [1.82, 2.24) is 10.2 Å². The van der Waals surface area contributed by atoms with Gasteiger partial charge in [0.05, 0.1) is 0 Å². The van der Waals surface area contributed by atoms with Gasteiger partial charge in [0.2, 0.25) is 0 Å². The Bertz CT molecular complexity index is 115. The van der Waals surface area contributed by atoms with Crippen LogP contribution in [0.3, 0.4) is 0 Å². The maximum atomic E-state index is 3.22. The molecule has 1 N–H and O–H groups in total. The van der Waals surface area contributed by atoms with Gasteiger partial charge in [-0.05, 0) is 39.9 Å². The van der Waals surface area contributed by atoms with Crippen LogP contribution < -0.4 is 5.32 Å². The highest BCUT2D eigenvalue weighted by Crippen LogP contribution is 2.06. The number of rotatable bonds is 7. The molecule has 0 fully saturated rings. The van der Waals surface area contributed by atoms with Crippen LogP contribution in [0.5, 0.6) is 0 Å². The average molecular weight is 186 g/mol. The van der Waals surface area contributed by atoms with Crippen LogP contribution in [0.1, 0.15) is 33.6 Å². The Kier molecular flexibility index (Phi) is 7.29. The van der Waals surface area contributed by atoms with Crippen molar-refractivity contribution in [3.63, 3.8) is 0 Å². The third-order valence-corrected chi connectivity index (χ3v) is 2.61. The second-order valence-electron chi connectivity index (χ2n) is 4.24. The Morgan fingerprint density at radius 2 is 1.92 bits per heavy atom. The second-order valence-corrected chi connectivity index (χ2v) is 4.24. The van der Waals surface area contributed by atoms with Crippen LogP contribution in [0.2, 0.25) is 0 Å². The number of hydrogen-bond donors (Lipinski definition) is 1. The standard InChI is InChI=1S/C11H26N2/c1-6-7-11(3)13(5)9-10(2)8-12-4/h10-12H,6-9H2,1-5H3. The van der Waals surface area contributed by atoms with Gasteiger partial charge >= 0.3 is 0 Å². The van der Waals surface area contributed by atoms with Gasteiger partial charge in [0.25, 0.3) is 0 Å². The molecule has 2 unspecified atom stereocenters. The first-order valence-electron chi connectivity index (χ1n) is 5.46. The minimum atomic E-state index is 0.726. The first kappa shape index (κ1) is 12.9. The van der Waals surface area contributed by atoms with Gasteiger partial charge in [-0.1, -0.05) is 20.3 Å². The van der Waals surface area contributed by atoms with Crippen LogP contribution in [-0.4, -0.2) is 38.1 Å². The Hall–Kier alpha value is -0.0800. The molecule has 0 saturated heterocycles. The van der Waals surface area contributed by atoms with E-state index in [0.29, 0.717) is 0 Å². The molecule has 0 spiro atoms. The molecule has 0 aromatic rings. The van der Waals surface area contributed by atoms with E-state index in [2.05, 4.69) is 38.0 Å². The minimum absolute atomic E-state index is 0.726. The summed E-state index contributed by atoms with van der Waals surface area (Å²) in [6.45, 7) is 9.17. The first-order chi connectivity index (χ1) is 6.11. The molecular weight excluding hydrogens is 160 g/mol. The lowest BCUT2D eigenvalue weighted by Crippen LogP contribution is -2.35. The predicted molar refractivity (Wildman–Crippen MR) is 60.1 cm³/mol. The van der Waals surface area contributed by atoms with Crippen molar-refractivity contribution in [3.05, 3.63) is 0 Å². The van der Waals surface area contributed by atoms with Crippen LogP contribution in [-0.2, 0) is 0 Å². The third-order valence-electron chi connectivity index (χ3n) is 2.61. The maximum absolute atomic E-state index is 3.22. The summed E-state index contributed by atoms with van der Waals surface area (Å²) in [4.78, 5) is 2.46. The van der Waals surface area contributed by atoms with E-state index in [1.165, 1.54) is 19.4 Å². The number of hydrogen-bond acceptors (Lipinski definition) is 2. The minimum Gasteiger partial charge on any atom is -0.319 e. The van der Waals surface area contributed by atoms with Gasteiger partial charge in [-0.2, -0.15) is 0 Å². The fourth-order valence-corrected chi connectivity index (χ4v) is 1.72. The first-order valence-corrected chi connectivity index (χ1v) is 5.46. The normalized spacial score (nSPS) is 16.2. The van der Waals surface area contributed by atoms with Gasteiger partial charge < -0.3 is 10.2 Å². The quantitative estimate of drug-likeness (QED) is 0.654. The summed E-state index contributed by atoms with van der Waals surface area (Å²) in [6, 6.07) is 0.726. The van der Waals surface area contributed by atoms with Crippen LogP contribution in [0.15, 0.2) is 0 Å². The molecular formula is C11H26N2. The summed E-state index contributed by atoms with van der Waals surface area (Å²) in [5.74, 6) is 0.745. The van der Waals surface area contributed by atoms with Crippen molar-refractivity contribution >= 4 is 0 Å². The smallest absolute Gasteiger partial charge is 0.00639 e. The highest BCUT2D eigenvalue weighted by Gasteiger charge is 2.10. The second kappa shape index (κ2) is 7.34. The average Bonchev–Trinajstić information content (AvgIpc) is 2.05. The van der Waals surface area contributed by atoms with Gasteiger partial charge in [-0.15, -0.1) is 0 Å². The Labute approximate surface area is 83.7 Å². The Morgan fingerprint density at radius 1 is 1.31 bits per heavy atom. The van der Waals surface area contributed by atoms with E-state index in [4.69, 9.17) is 0 Å². The highest BCUT2D eigenvalue weighted by molar-refractivity contribution is 4.66. The van der Waals surface area contributed by atoms with Gasteiger partial charge in [0, 0.05) is 12.6 Å². The molecule has 0 heterocycles. The van der Waals surface area contributed by atoms with Crippen molar-refractivity contribution in [2.75, 3.05) is 27.2 Å². The van der Waals surface area contributed by atoms with Crippen LogP contribution in [0, 0.1) is 5.92 Å². The molecule has 80 valence electrons.